The molecule has 2 heterocycles. The monoisotopic (exact) mass is 367 g/mol. The van der Waals surface area contributed by atoms with Crippen LogP contribution in [0.3, 0.4) is 0 Å². The van der Waals surface area contributed by atoms with Crippen LogP contribution in [0, 0.1) is 11.6 Å². The number of rotatable bonds is 3. The van der Waals surface area contributed by atoms with Crippen LogP contribution in [0.1, 0.15) is 15.9 Å². The first-order chi connectivity index (χ1) is 13.1. The zero-order valence-electron chi connectivity index (χ0n) is 14.2. The van der Waals surface area contributed by atoms with Gasteiger partial charge in [0.25, 0.3) is 5.91 Å². The molecule has 1 aliphatic heterocycles. The first kappa shape index (κ1) is 17.1. The maximum absolute atomic E-state index is 13.9. The minimum atomic E-state index is -0.691. The Kier molecular flexibility index (Phi) is 4.50. The molecule has 0 atom stereocenters. The molecular formula is C20H15F2N3O2. The van der Waals surface area contributed by atoms with Crippen molar-refractivity contribution in [1.82, 2.24) is 14.9 Å². The molecule has 0 saturated carbocycles. The van der Waals surface area contributed by atoms with Crippen LogP contribution in [0.2, 0.25) is 0 Å². The van der Waals surface area contributed by atoms with Crippen LogP contribution in [0.25, 0.3) is 11.4 Å². The molecular weight excluding hydrogens is 352 g/mol. The molecule has 1 aliphatic rings. The normalized spacial score (nSPS) is 13.7. The fourth-order valence-corrected chi connectivity index (χ4v) is 2.88. The fourth-order valence-electron chi connectivity index (χ4n) is 2.88. The van der Waals surface area contributed by atoms with E-state index in [1.54, 1.807) is 0 Å². The van der Waals surface area contributed by atoms with Crippen LogP contribution < -0.4 is 4.74 Å². The Labute approximate surface area is 154 Å². The molecule has 0 bridgehead atoms. The molecule has 7 heteroatoms. The van der Waals surface area contributed by atoms with E-state index in [0.29, 0.717) is 5.82 Å². The molecule has 3 aromatic rings. The average Bonchev–Trinajstić information content (AvgIpc) is 2.83. The first-order valence-corrected chi connectivity index (χ1v) is 8.40. The van der Waals surface area contributed by atoms with E-state index < -0.39 is 11.6 Å². The van der Waals surface area contributed by atoms with E-state index >= 15 is 0 Å². The highest BCUT2D eigenvalue weighted by Gasteiger charge is 2.26. The molecule has 27 heavy (non-hydrogen) atoms. The number of ether oxygens (including phenoxy) is 1. The summed E-state index contributed by atoms with van der Waals surface area (Å²) in [5, 5.41) is 0. The third-order valence-electron chi connectivity index (χ3n) is 4.28. The number of carbonyl (C=O) groups excluding carboxylic acids is 1. The largest absolute Gasteiger partial charge is 0.475 e. The molecule has 1 aromatic heterocycles. The van der Waals surface area contributed by atoms with Gasteiger partial charge < -0.3 is 9.64 Å². The quantitative estimate of drug-likeness (QED) is 0.711. The maximum Gasteiger partial charge on any atom is 0.261 e. The topological polar surface area (TPSA) is 55.3 Å². The van der Waals surface area contributed by atoms with Gasteiger partial charge in [-0.1, -0.05) is 36.4 Å². The van der Waals surface area contributed by atoms with Crippen molar-refractivity contribution in [2.45, 2.75) is 6.54 Å². The lowest BCUT2D eigenvalue weighted by Gasteiger charge is -2.20. The van der Waals surface area contributed by atoms with Gasteiger partial charge in [-0.25, -0.2) is 13.8 Å². The second-order valence-corrected chi connectivity index (χ2v) is 6.09. The zero-order valence-corrected chi connectivity index (χ0v) is 14.2. The van der Waals surface area contributed by atoms with Crippen LogP contribution >= 0.6 is 0 Å². The van der Waals surface area contributed by atoms with Gasteiger partial charge in [-0.3, -0.25) is 4.79 Å². The summed E-state index contributed by atoms with van der Waals surface area (Å²) in [5.41, 5.74) is 1.26. The number of aromatic nitrogens is 2. The summed E-state index contributed by atoms with van der Waals surface area (Å²) >= 11 is 0. The molecule has 0 aliphatic carbocycles. The first-order valence-electron chi connectivity index (χ1n) is 8.40. The summed E-state index contributed by atoms with van der Waals surface area (Å²) in [5.74, 6) is -1.04. The Morgan fingerprint density at radius 3 is 2.70 bits per heavy atom. The number of nitrogens with zero attached hydrogens (tertiary/aromatic N) is 3. The highest BCUT2D eigenvalue weighted by Crippen LogP contribution is 2.25. The van der Waals surface area contributed by atoms with Crippen molar-refractivity contribution in [3.8, 4) is 17.3 Å². The molecule has 0 saturated heterocycles. The lowest BCUT2D eigenvalue weighted by molar-refractivity contribution is 0.0741. The second kappa shape index (κ2) is 7.11. The SMILES string of the molecule is O=C1c2cnc(-c3ccccc3)nc2OCCN1Cc1ccc(F)cc1F. The van der Waals surface area contributed by atoms with Gasteiger partial charge in [-0.15, -0.1) is 0 Å². The molecule has 0 N–H and O–H groups in total. The predicted molar refractivity (Wildman–Crippen MR) is 94.1 cm³/mol. The lowest BCUT2D eigenvalue weighted by atomic mass is 10.1. The molecule has 136 valence electrons. The van der Waals surface area contributed by atoms with E-state index in [-0.39, 0.29) is 42.6 Å². The molecule has 0 unspecified atom stereocenters. The third kappa shape index (κ3) is 3.48. The van der Waals surface area contributed by atoms with Crippen LogP contribution in [0.5, 0.6) is 5.88 Å². The van der Waals surface area contributed by atoms with Gasteiger partial charge in [-0.05, 0) is 6.07 Å². The lowest BCUT2D eigenvalue weighted by Crippen LogP contribution is -2.32. The van der Waals surface area contributed by atoms with Crippen molar-refractivity contribution in [3.05, 3.63) is 77.5 Å². The van der Waals surface area contributed by atoms with Gasteiger partial charge in [0.05, 0.1) is 6.54 Å². The van der Waals surface area contributed by atoms with E-state index in [0.717, 1.165) is 11.6 Å². The number of amides is 1. The predicted octanol–water partition coefficient (Wildman–Crippen LogP) is 3.46. The van der Waals surface area contributed by atoms with Gasteiger partial charge >= 0.3 is 0 Å². The van der Waals surface area contributed by atoms with E-state index in [4.69, 9.17) is 4.74 Å². The van der Waals surface area contributed by atoms with Crippen LogP contribution in [-0.4, -0.2) is 33.9 Å². The van der Waals surface area contributed by atoms with Crippen molar-refractivity contribution >= 4 is 5.91 Å². The van der Waals surface area contributed by atoms with Gasteiger partial charge in [0.2, 0.25) is 5.88 Å². The molecule has 4 rings (SSSR count). The fraction of sp³-hybridized carbons (Fsp3) is 0.150. The smallest absolute Gasteiger partial charge is 0.261 e. The Morgan fingerprint density at radius 2 is 1.93 bits per heavy atom. The minimum absolute atomic E-state index is 0.00812. The van der Waals surface area contributed by atoms with Gasteiger partial charge in [0.15, 0.2) is 5.82 Å². The van der Waals surface area contributed by atoms with Crippen molar-refractivity contribution in [2.24, 2.45) is 0 Å². The van der Waals surface area contributed by atoms with Gasteiger partial charge in [0.1, 0.15) is 23.8 Å². The molecule has 2 aromatic carbocycles. The van der Waals surface area contributed by atoms with Crippen molar-refractivity contribution in [2.75, 3.05) is 13.2 Å². The summed E-state index contributed by atoms with van der Waals surface area (Å²) in [6, 6.07) is 12.7. The minimum Gasteiger partial charge on any atom is -0.475 e. The Hall–Kier alpha value is -3.35. The van der Waals surface area contributed by atoms with Crippen LogP contribution in [0.15, 0.2) is 54.7 Å². The third-order valence-corrected chi connectivity index (χ3v) is 4.28. The summed E-state index contributed by atoms with van der Waals surface area (Å²) in [7, 11) is 0. The molecule has 0 spiro atoms. The van der Waals surface area contributed by atoms with Crippen LogP contribution in [-0.2, 0) is 6.54 Å². The molecule has 0 fully saturated rings. The second-order valence-electron chi connectivity index (χ2n) is 6.09. The van der Waals surface area contributed by atoms with Crippen LogP contribution in [0.4, 0.5) is 8.78 Å². The van der Waals surface area contributed by atoms with Crippen molar-refractivity contribution in [1.29, 1.82) is 0 Å². The number of halogens is 2. The average molecular weight is 367 g/mol. The zero-order chi connectivity index (χ0) is 18.8. The number of hydrogen-bond donors (Lipinski definition) is 0. The number of fused-ring (bicyclic) bond motifs is 1. The maximum atomic E-state index is 13.9. The van der Waals surface area contributed by atoms with Gasteiger partial charge in [0, 0.05) is 29.9 Å². The van der Waals surface area contributed by atoms with E-state index in [1.807, 2.05) is 30.3 Å². The summed E-state index contributed by atoms with van der Waals surface area (Å²) in [6.45, 7) is 0.480. The van der Waals surface area contributed by atoms with Crippen molar-refractivity contribution < 1.29 is 18.3 Å². The standard InChI is InChI=1S/C20H15F2N3O2/c21-15-7-6-14(17(22)10-15)12-25-8-9-27-19-16(20(25)26)11-23-18(24-19)13-4-2-1-3-5-13/h1-7,10-11H,8-9,12H2. The summed E-state index contributed by atoms with van der Waals surface area (Å²) < 4.78 is 32.7. The highest BCUT2D eigenvalue weighted by atomic mass is 19.1. The summed E-state index contributed by atoms with van der Waals surface area (Å²) in [6.07, 6.45) is 1.42. The molecule has 0 radical (unpaired) electrons. The summed E-state index contributed by atoms with van der Waals surface area (Å²) in [4.78, 5) is 22.9. The number of carbonyl (C=O) groups is 1. The van der Waals surface area contributed by atoms with E-state index in [1.165, 1.54) is 23.2 Å². The van der Waals surface area contributed by atoms with Crippen molar-refractivity contribution in [3.63, 3.8) is 0 Å². The van der Waals surface area contributed by atoms with E-state index in [9.17, 15) is 13.6 Å². The van der Waals surface area contributed by atoms with Gasteiger partial charge in [-0.2, -0.15) is 4.98 Å². The number of benzene rings is 2. The Balaban J connectivity index is 1.62. The molecule has 1 amide bonds. The highest BCUT2D eigenvalue weighted by molar-refractivity contribution is 5.96. The number of hydrogen-bond acceptors (Lipinski definition) is 4. The molecule has 5 nitrogen and oxygen atoms in total. The Morgan fingerprint density at radius 1 is 1.11 bits per heavy atom. The van der Waals surface area contributed by atoms with E-state index in [2.05, 4.69) is 9.97 Å². The Bertz CT molecular complexity index is 996.